The third-order valence-corrected chi connectivity index (χ3v) is 10.4. The number of imidazole rings is 1. The second kappa shape index (κ2) is 14.2. The second-order valence-corrected chi connectivity index (χ2v) is 13.4. The average Bonchev–Trinajstić information content (AvgIpc) is 3.94. The molecule has 5 aromatic carbocycles. The van der Waals surface area contributed by atoms with E-state index in [2.05, 4.69) is 131 Å². The summed E-state index contributed by atoms with van der Waals surface area (Å²) in [5, 5.41) is 18.2. The summed E-state index contributed by atoms with van der Waals surface area (Å²) in [4.78, 5) is 4.96. The lowest BCUT2D eigenvalue weighted by molar-refractivity contribution is 0.416. The number of hydrogen-bond donors (Lipinski definition) is 0. The number of aromatic nitrogens is 6. The number of methoxy groups -OCH3 is 1. The molecular formula is C43H38N6OS. The summed E-state index contributed by atoms with van der Waals surface area (Å²) >= 11 is 1.70. The Bertz CT molecular complexity index is 2270. The molecular weight excluding hydrogens is 649 g/mol. The van der Waals surface area contributed by atoms with Gasteiger partial charge in [0.05, 0.1) is 18.1 Å². The Kier molecular flexibility index (Phi) is 8.99. The van der Waals surface area contributed by atoms with Crippen molar-refractivity contribution >= 4 is 22.4 Å². The van der Waals surface area contributed by atoms with Crippen LogP contribution in [0.25, 0.3) is 33.5 Å². The molecule has 0 spiro atoms. The van der Waals surface area contributed by atoms with Crippen molar-refractivity contribution in [3.8, 4) is 28.3 Å². The standard InChI is InChI=1S/C43H38N6OS/c1-3-4-23-40-44-37-29-51-30-38(37)48(40)28-31-24-26-32(27-25-31)41-36(21-14-22-39(41)50-2)42-45-46-47-49(42)43(33-15-8-5-9-16-33,34-17-10-6-11-18-34)35-19-12-7-13-20-35/h5-22,24-27,29-30H,3-4,23,28H2,1-2H3. The van der Waals surface area contributed by atoms with Crippen LogP contribution in [-0.2, 0) is 18.5 Å². The molecule has 8 heteroatoms. The highest BCUT2D eigenvalue weighted by Crippen LogP contribution is 2.45. The molecule has 3 heterocycles. The molecule has 8 rings (SSSR count). The van der Waals surface area contributed by atoms with Crippen LogP contribution in [0.5, 0.6) is 5.75 Å². The van der Waals surface area contributed by atoms with Crippen LogP contribution in [0.4, 0.5) is 0 Å². The first kappa shape index (κ1) is 32.4. The van der Waals surface area contributed by atoms with Crippen molar-refractivity contribution in [2.75, 3.05) is 7.11 Å². The largest absolute Gasteiger partial charge is 0.496 e. The molecule has 0 atom stereocenters. The number of fused-ring (bicyclic) bond motifs is 1. The van der Waals surface area contributed by atoms with Gasteiger partial charge in [0.25, 0.3) is 0 Å². The van der Waals surface area contributed by atoms with Crippen LogP contribution in [0.1, 0.15) is 47.8 Å². The van der Waals surface area contributed by atoms with Crippen molar-refractivity contribution in [2.24, 2.45) is 0 Å². The first-order valence-corrected chi connectivity index (χ1v) is 18.3. The molecule has 8 aromatic rings. The zero-order valence-corrected chi connectivity index (χ0v) is 29.5. The molecule has 7 nitrogen and oxygen atoms in total. The Morgan fingerprint density at radius 3 is 1.98 bits per heavy atom. The zero-order chi connectivity index (χ0) is 34.6. The van der Waals surface area contributed by atoms with E-state index in [9.17, 15) is 0 Å². The van der Waals surface area contributed by atoms with Crippen molar-refractivity contribution in [2.45, 2.75) is 38.3 Å². The Morgan fingerprint density at radius 2 is 1.37 bits per heavy atom. The summed E-state index contributed by atoms with van der Waals surface area (Å²) in [7, 11) is 1.71. The van der Waals surface area contributed by atoms with E-state index in [-0.39, 0.29) is 0 Å². The van der Waals surface area contributed by atoms with Gasteiger partial charge in [0.1, 0.15) is 17.1 Å². The first-order valence-electron chi connectivity index (χ1n) is 17.4. The SMILES string of the molecule is CCCCc1nc2cscc2n1Cc1ccc(-c2c(OC)cccc2-c2nnnn2C(c2ccccc2)(c2ccccc2)c2ccccc2)cc1. The number of benzene rings is 5. The van der Waals surface area contributed by atoms with Crippen LogP contribution in [0.2, 0.25) is 0 Å². The fourth-order valence-electron chi connectivity index (χ4n) is 7.24. The molecule has 0 N–H and O–H groups in total. The summed E-state index contributed by atoms with van der Waals surface area (Å²) in [5.41, 5.74) is 8.56. The van der Waals surface area contributed by atoms with E-state index >= 15 is 0 Å². The van der Waals surface area contributed by atoms with Gasteiger partial charge in [-0.05, 0) is 50.7 Å². The predicted molar refractivity (Wildman–Crippen MR) is 205 cm³/mol. The van der Waals surface area contributed by atoms with Gasteiger partial charge in [-0.3, -0.25) is 0 Å². The molecule has 0 aliphatic carbocycles. The van der Waals surface area contributed by atoms with E-state index in [1.54, 1.807) is 18.4 Å². The lowest BCUT2D eigenvalue weighted by atomic mass is 9.77. The maximum atomic E-state index is 6.04. The molecule has 0 radical (unpaired) electrons. The molecule has 0 fully saturated rings. The number of hydrogen-bond acceptors (Lipinski definition) is 6. The third-order valence-electron chi connectivity index (χ3n) is 9.66. The number of ether oxygens (including phenoxy) is 1. The topological polar surface area (TPSA) is 70.7 Å². The molecule has 0 saturated heterocycles. The lowest BCUT2D eigenvalue weighted by Crippen LogP contribution is -2.39. The van der Waals surface area contributed by atoms with E-state index in [1.807, 2.05) is 35.0 Å². The monoisotopic (exact) mass is 686 g/mol. The molecule has 0 aliphatic heterocycles. The van der Waals surface area contributed by atoms with Crippen molar-refractivity contribution < 1.29 is 4.74 Å². The highest BCUT2D eigenvalue weighted by Gasteiger charge is 2.42. The molecule has 0 amide bonds. The summed E-state index contributed by atoms with van der Waals surface area (Å²) in [6, 6.07) is 46.3. The molecule has 0 aliphatic rings. The number of unbranched alkanes of at least 4 members (excludes halogenated alkanes) is 1. The average molecular weight is 687 g/mol. The number of nitrogens with zero attached hydrogens (tertiary/aromatic N) is 6. The molecule has 0 unspecified atom stereocenters. The van der Waals surface area contributed by atoms with Gasteiger partial charge in [-0.2, -0.15) is 0 Å². The maximum Gasteiger partial charge on any atom is 0.184 e. The highest BCUT2D eigenvalue weighted by molar-refractivity contribution is 7.09. The van der Waals surface area contributed by atoms with Crippen LogP contribution in [0, 0.1) is 0 Å². The van der Waals surface area contributed by atoms with Gasteiger partial charge in [0.15, 0.2) is 5.82 Å². The van der Waals surface area contributed by atoms with Gasteiger partial charge in [-0.15, -0.1) is 16.4 Å². The van der Waals surface area contributed by atoms with Gasteiger partial charge in [0.2, 0.25) is 0 Å². The Morgan fingerprint density at radius 1 is 0.725 bits per heavy atom. The van der Waals surface area contributed by atoms with E-state index in [4.69, 9.17) is 20.0 Å². The summed E-state index contributed by atoms with van der Waals surface area (Å²) in [6.45, 7) is 2.99. The van der Waals surface area contributed by atoms with Gasteiger partial charge in [-0.25, -0.2) is 9.67 Å². The predicted octanol–water partition coefficient (Wildman–Crippen LogP) is 9.66. The number of aryl methyl sites for hydroxylation is 1. The molecule has 51 heavy (non-hydrogen) atoms. The minimum absolute atomic E-state index is 0.628. The molecule has 0 bridgehead atoms. The van der Waals surface area contributed by atoms with E-state index in [0.29, 0.717) is 5.82 Å². The highest BCUT2D eigenvalue weighted by atomic mass is 32.1. The quantitative estimate of drug-likeness (QED) is 0.120. The summed E-state index contributed by atoms with van der Waals surface area (Å²) < 4.78 is 10.4. The third kappa shape index (κ3) is 5.81. The Balaban J connectivity index is 1.27. The van der Waals surface area contributed by atoms with Gasteiger partial charge in [0, 0.05) is 34.9 Å². The summed E-state index contributed by atoms with van der Waals surface area (Å²) in [6.07, 6.45) is 3.24. The van der Waals surface area contributed by atoms with Crippen LogP contribution in [0.15, 0.2) is 144 Å². The van der Waals surface area contributed by atoms with Crippen molar-refractivity contribution in [1.82, 2.24) is 29.8 Å². The van der Waals surface area contributed by atoms with Gasteiger partial charge >= 0.3 is 0 Å². The minimum atomic E-state index is -0.875. The van der Waals surface area contributed by atoms with E-state index < -0.39 is 5.54 Å². The van der Waals surface area contributed by atoms with Crippen LogP contribution < -0.4 is 4.74 Å². The van der Waals surface area contributed by atoms with Crippen LogP contribution >= 0.6 is 11.3 Å². The zero-order valence-electron chi connectivity index (χ0n) is 28.7. The lowest BCUT2D eigenvalue weighted by Gasteiger charge is -2.36. The summed E-state index contributed by atoms with van der Waals surface area (Å²) in [5.74, 6) is 2.52. The van der Waals surface area contributed by atoms with Crippen LogP contribution in [-0.4, -0.2) is 36.9 Å². The molecule has 0 saturated carbocycles. The fraction of sp³-hybridized carbons (Fsp3) is 0.163. The first-order chi connectivity index (χ1) is 25.2. The Labute approximate surface area is 301 Å². The smallest absolute Gasteiger partial charge is 0.184 e. The van der Waals surface area contributed by atoms with Gasteiger partial charge < -0.3 is 9.30 Å². The van der Waals surface area contributed by atoms with E-state index in [1.165, 1.54) is 11.1 Å². The van der Waals surface area contributed by atoms with Crippen LogP contribution in [0.3, 0.4) is 0 Å². The fourth-order valence-corrected chi connectivity index (χ4v) is 7.99. The Hall–Kier alpha value is -5.86. The maximum absolute atomic E-state index is 6.04. The molecule has 3 aromatic heterocycles. The second-order valence-electron chi connectivity index (χ2n) is 12.7. The molecule has 252 valence electrons. The van der Waals surface area contributed by atoms with Gasteiger partial charge in [-0.1, -0.05) is 141 Å². The number of rotatable bonds is 12. The minimum Gasteiger partial charge on any atom is -0.496 e. The van der Waals surface area contributed by atoms with Crippen molar-refractivity contribution in [3.63, 3.8) is 0 Å². The van der Waals surface area contributed by atoms with E-state index in [0.717, 1.165) is 76.3 Å². The van der Waals surface area contributed by atoms with Crippen molar-refractivity contribution in [3.05, 3.63) is 172 Å². The van der Waals surface area contributed by atoms with Crippen molar-refractivity contribution in [1.29, 1.82) is 0 Å². The number of tetrazole rings is 1. The normalized spacial score (nSPS) is 11.6. The number of thiophene rings is 1.